The Labute approximate surface area is 123 Å². The number of phenols is 2. The topological polar surface area (TPSA) is 78.8 Å². The first-order valence-corrected chi connectivity index (χ1v) is 6.47. The molecule has 1 amide bonds. The van der Waals surface area contributed by atoms with E-state index in [0.29, 0.717) is 11.4 Å². The number of benzene rings is 2. The van der Waals surface area contributed by atoms with Gasteiger partial charge in [0.2, 0.25) is 0 Å². The average molecular weight is 338 g/mol. The van der Waals surface area contributed by atoms with E-state index in [0.717, 1.165) is 4.47 Å². The highest BCUT2D eigenvalue weighted by Gasteiger charge is 2.13. The van der Waals surface area contributed by atoms with E-state index in [1.807, 2.05) is 0 Å². The van der Waals surface area contributed by atoms with E-state index in [-0.39, 0.29) is 17.1 Å². The molecule has 20 heavy (non-hydrogen) atoms. The molecule has 2 rings (SSSR count). The van der Waals surface area contributed by atoms with Gasteiger partial charge in [0.25, 0.3) is 5.91 Å². The zero-order valence-electron chi connectivity index (χ0n) is 10.6. The molecule has 0 radical (unpaired) electrons. The van der Waals surface area contributed by atoms with Crippen LogP contribution in [-0.4, -0.2) is 23.2 Å². The summed E-state index contributed by atoms with van der Waals surface area (Å²) in [5, 5.41) is 21.6. The molecule has 0 unspecified atom stereocenters. The zero-order valence-corrected chi connectivity index (χ0v) is 12.1. The molecule has 0 atom stereocenters. The van der Waals surface area contributed by atoms with Gasteiger partial charge in [-0.2, -0.15) is 0 Å². The second-order valence-corrected chi connectivity index (χ2v) is 4.95. The molecule has 2 aromatic carbocycles. The third-order valence-electron chi connectivity index (χ3n) is 2.59. The van der Waals surface area contributed by atoms with E-state index < -0.39 is 5.91 Å². The lowest BCUT2D eigenvalue weighted by atomic mass is 10.1. The van der Waals surface area contributed by atoms with Crippen LogP contribution in [0, 0.1) is 0 Å². The highest BCUT2D eigenvalue weighted by Crippen LogP contribution is 2.27. The maximum absolute atomic E-state index is 12.1. The summed E-state index contributed by atoms with van der Waals surface area (Å²) in [6, 6.07) is 8.84. The van der Waals surface area contributed by atoms with Crippen molar-refractivity contribution in [2.24, 2.45) is 0 Å². The molecule has 0 spiro atoms. The van der Waals surface area contributed by atoms with Gasteiger partial charge in [-0.05, 0) is 30.3 Å². The van der Waals surface area contributed by atoms with E-state index in [1.54, 1.807) is 18.2 Å². The Kier molecular flexibility index (Phi) is 4.14. The Hall–Kier alpha value is -2.21. The summed E-state index contributed by atoms with van der Waals surface area (Å²) >= 11 is 3.31. The third-order valence-corrected chi connectivity index (χ3v) is 3.05. The van der Waals surface area contributed by atoms with Gasteiger partial charge in [-0.15, -0.1) is 0 Å². The number of carbonyl (C=O) groups is 1. The van der Waals surface area contributed by atoms with Crippen LogP contribution in [0.1, 0.15) is 10.4 Å². The van der Waals surface area contributed by atoms with E-state index in [2.05, 4.69) is 21.2 Å². The van der Waals surface area contributed by atoms with Crippen molar-refractivity contribution < 1.29 is 19.7 Å². The molecule has 0 saturated carbocycles. The first-order chi connectivity index (χ1) is 9.49. The predicted octanol–water partition coefficient (Wildman–Crippen LogP) is 3.12. The van der Waals surface area contributed by atoms with Gasteiger partial charge in [0.15, 0.2) is 0 Å². The maximum Gasteiger partial charge on any atom is 0.259 e. The second-order valence-electron chi connectivity index (χ2n) is 4.04. The normalized spacial score (nSPS) is 10.1. The summed E-state index contributed by atoms with van der Waals surface area (Å²) in [5.41, 5.74) is 0.493. The molecule has 5 nitrogen and oxygen atoms in total. The summed E-state index contributed by atoms with van der Waals surface area (Å²) in [6.45, 7) is 0. The van der Waals surface area contributed by atoms with Crippen LogP contribution in [0.15, 0.2) is 40.9 Å². The smallest absolute Gasteiger partial charge is 0.259 e. The van der Waals surface area contributed by atoms with Crippen LogP contribution in [0.2, 0.25) is 0 Å². The Balaban J connectivity index is 2.27. The Morgan fingerprint density at radius 3 is 2.65 bits per heavy atom. The molecule has 0 aliphatic heterocycles. The van der Waals surface area contributed by atoms with Gasteiger partial charge in [-0.1, -0.05) is 15.9 Å². The third kappa shape index (κ3) is 3.21. The van der Waals surface area contributed by atoms with Gasteiger partial charge in [-0.25, -0.2) is 0 Å². The molecule has 6 heteroatoms. The number of rotatable bonds is 3. The first kappa shape index (κ1) is 14.2. The van der Waals surface area contributed by atoms with E-state index in [9.17, 15) is 15.0 Å². The van der Waals surface area contributed by atoms with E-state index >= 15 is 0 Å². The van der Waals surface area contributed by atoms with E-state index in [1.165, 1.54) is 25.3 Å². The van der Waals surface area contributed by atoms with Crippen LogP contribution >= 0.6 is 15.9 Å². The molecule has 0 heterocycles. The van der Waals surface area contributed by atoms with Crippen molar-refractivity contribution in [2.75, 3.05) is 12.4 Å². The number of carbonyl (C=O) groups excluding carboxylic acids is 1. The number of hydrogen-bond donors (Lipinski definition) is 3. The van der Waals surface area contributed by atoms with Gasteiger partial charge in [-0.3, -0.25) is 4.79 Å². The molecule has 0 aliphatic carbocycles. The molecule has 0 saturated heterocycles. The summed E-state index contributed by atoms with van der Waals surface area (Å²) in [7, 11) is 1.52. The molecule has 104 valence electrons. The molecule has 0 bridgehead atoms. The fourth-order valence-electron chi connectivity index (χ4n) is 1.66. The zero-order chi connectivity index (χ0) is 14.7. The summed E-state index contributed by atoms with van der Waals surface area (Å²) < 4.78 is 5.84. The number of nitrogens with one attached hydrogen (secondary N) is 1. The second kappa shape index (κ2) is 5.83. The monoisotopic (exact) mass is 337 g/mol. The molecule has 0 fully saturated rings. The minimum absolute atomic E-state index is 0.0102. The van der Waals surface area contributed by atoms with Gasteiger partial charge >= 0.3 is 0 Å². The number of hydrogen-bond acceptors (Lipinski definition) is 4. The predicted molar refractivity (Wildman–Crippen MR) is 78.4 cm³/mol. The van der Waals surface area contributed by atoms with Gasteiger partial charge < -0.3 is 20.3 Å². The van der Waals surface area contributed by atoms with Crippen molar-refractivity contribution in [1.29, 1.82) is 0 Å². The highest BCUT2D eigenvalue weighted by atomic mass is 79.9. The SMILES string of the molecule is COc1cc(Br)cc(NC(=O)c2cc(O)ccc2O)c1. The van der Waals surface area contributed by atoms with Crippen molar-refractivity contribution in [3.05, 3.63) is 46.4 Å². The largest absolute Gasteiger partial charge is 0.508 e. The number of phenolic OH excluding ortho intramolecular Hbond substituents is 2. The van der Waals surface area contributed by atoms with Gasteiger partial charge in [0, 0.05) is 16.2 Å². The summed E-state index contributed by atoms with van der Waals surface area (Å²) in [4.78, 5) is 12.1. The van der Waals surface area contributed by atoms with Gasteiger partial charge in [0.1, 0.15) is 17.2 Å². The fourth-order valence-corrected chi connectivity index (χ4v) is 2.13. The number of halogens is 1. The van der Waals surface area contributed by atoms with Gasteiger partial charge in [0.05, 0.1) is 12.7 Å². The Morgan fingerprint density at radius 1 is 1.20 bits per heavy atom. The molecule has 2 aromatic rings. The molecular weight excluding hydrogens is 326 g/mol. The van der Waals surface area contributed by atoms with Crippen LogP contribution in [0.4, 0.5) is 5.69 Å². The standard InChI is InChI=1S/C14H12BrNO4/c1-20-11-5-8(15)4-9(6-11)16-14(19)12-7-10(17)2-3-13(12)18/h2-7,17-18H,1H3,(H,16,19). The Morgan fingerprint density at radius 2 is 1.95 bits per heavy atom. The van der Waals surface area contributed by atoms with Crippen LogP contribution in [0.25, 0.3) is 0 Å². The highest BCUT2D eigenvalue weighted by molar-refractivity contribution is 9.10. The van der Waals surface area contributed by atoms with Crippen molar-refractivity contribution in [3.63, 3.8) is 0 Å². The number of anilines is 1. The average Bonchev–Trinajstić information content (AvgIpc) is 2.40. The first-order valence-electron chi connectivity index (χ1n) is 5.67. The van der Waals surface area contributed by atoms with Crippen LogP contribution in [0.3, 0.4) is 0 Å². The maximum atomic E-state index is 12.1. The molecule has 3 N–H and O–H groups in total. The lowest BCUT2D eigenvalue weighted by Gasteiger charge is -2.09. The van der Waals surface area contributed by atoms with Crippen LogP contribution < -0.4 is 10.1 Å². The fraction of sp³-hybridized carbons (Fsp3) is 0.0714. The van der Waals surface area contributed by atoms with Crippen molar-refractivity contribution >= 4 is 27.5 Å². The van der Waals surface area contributed by atoms with Crippen LogP contribution in [0.5, 0.6) is 17.2 Å². The number of amides is 1. The summed E-state index contributed by atoms with van der Waals surface area (Å²) in [5.74, 6) is -0.254. The van der Waals surface area contributed by atoms with Crippen molar-refractivity contribution in [3.8, 4) is 17.2 Å². The lowest BCUT2D eigenvalue weighted by Crippen LogP contribution is -2.12. The quantitative estimate of drug-likeness (QED) is 0.752. The number of ether oxygens (including phenoxy) is 1. The van der Waals surface area contributed by atoms with Crippen LogP contribution in [-0.2, 0) is 0 Å². The van der Waals surface area contributed by atoms with Crippen molar-refractivity contribution in [1.82, 2.24) is 0 Å². The minimum atomic E-state index is -0.529. The lowest BCUT2D eigenvalue weighted by molar-refractivity contribution is 0.102. The number of methoxy groups -OCH3 is 1. The number of aromatic hydroxyl groups is 2. The van der Waals surface area contributed by atoms with E-state index in [4.69, 9.17) is 4.74 Å². The Bertz CT molecular complexity index is 658. The summed E-state index contributed by atoms with van der Waals surface area (Å²) in [6.07, 6.45) is 0. The van der Waals surface area contributed by atoms with Crippen molar-refractivity contribution in [2.45, 2.75) is 0 Å². The molecule has 0 aromatic heterocycles. The molecule has 0 aliphatic rings. The minimum Gasteiger partial charge on any atom is -0.508 e. The molecular formula is C14H12BrNO4.